The van der Waals surface area contributed by atoms with Gasteiger partial charge in [-0.1, -0.05) is 36.4 Å². The van der Waals surface area contributed by atoms with Crippen molar-refractivity contribution in [2.75, 3.05) is 62.2 Å². The van der Waals surface area contributed by atoms with Crippen molar-refractivity contribution in [1.29, 1.82) is 0 Å². The van der Waals surface area contributed by atoms with Gasteiger partial charge in [0.25, 0.3) is 0 Å². The first-order valence-electron chi connectivity index (χ1n) is 17.4. The van der Waals surface area contributed by atoms with Gasteiger partial charge in [-0.25, -0.2) is 29.5 Å². The van der Waals surface area contributed by atoms with E-state index in [4.69, 9.17) is 19.6 Å². The minimum atomic E-state index is -0.734. The van der Waals surface area contributed by atoms with Crippen LogP contribution >= 0.6 is 0 Å². The van der Waals surface area contributed by atoms with Gasteiger partial charge >= 0.3 is 11.9 Å². The zero-order valence-corrected chi connectivity index (χ0v) is 28.6. The van der Waals surface area contributed by atoms with Crippen molar-refractivity contribution in [3.63, 3.8) is 0 Å². The molecule has 6 aromatic rings. The first kappa shape index (κ1) is 33.0. The van der Waals surface area contributed by atoms with Crippen molar-refractivity contribution in [2.45, 2.75) is 13.1 Å². The second-order valence-electron chi connectivity index (χ2n) is 12.7. The van der Waals surface area contributed by atoms with Gasteiger partial charge in [-0.2, -0.15) is 9.46 Å². The lowest BCUT2D eigenvalue weighted by Crippen LogP contribution is -2.46. The smallest absolute Gasteiger partial charge is 0.354 e. The Balaban J connectivity index is 0.918. The molecular formula is C38H38N10O4. The van der Waals surface area contributed by atoms with Crippen LogP contribution in [0.25, 0.3) is 22.1 Å². The summed E-state index contributed by atoms with van der Waals surface area (Å²) >= 11 is 0. The summed E-state index contributed by atoms with van der Waals surface area (Å²) in [4.78, 5) is 65.4. The Labute approximate surface area is 300 Å². The number of carbonyl (C=O) groups excluding carboxylic acids is 2. The zero-order chi connectivity index (χ0) is 35.3. The van der Waals surface area contributed by atoms with Crippen molar-refractivity contribution in [2.24, 2.45) is 0 Å². The van der Waals surface area contributed by atoms with Gasteiger partial charge in [0, 0.05) is 76.9 Å². The number of piperazine rings is 2. The van der Waals surface area contributed by atoms with Gasteiger partial charge in [0.05, 0.1) is 24.1 Å². The van der Waals surface area contributed by atoms with Gasteiger partial charge < -0.3 is 19.5 Å². The normalized spacial score (nSPS) is 15.8. The number of hydrogen-bond acceptors (Lipinski definition) is 12. The molecule has 0 N–H and O–H groups in total. The molecule has 0 spiro atoms. The number of imidazole rings is 2. The maximum atomic E-state index is 13.1. The average molecular weight is 699 g/mol. The molecule has 0 amide bonds. The summed E-state index contributed by atoms with van der Waals surface area (Å²) in [6.07, 6.45) is 5.75. The van der Waals surface area contributed by atoms with E-state index in [0.29, 0.717) is 46.8 Å². The van der Waals surface area contributed by atoms with Crippen LogP contribution in [0.15, 0.2) is 109 Å². The monoisotopic (exact) mass is 698 g/mol. The molecule has 264 valence electrons. The highest BCUT2D eigenvalue weighted by molar-refractivity contribution is 5.92. The second kappa shape index (κ2) is 15.0. The van der Waals surface area contributed by atoms with Gasteiger partial charge in [-0.3, -0.25) is 9.80 Å². The third-order valence-electron chi connectivity index (χ3n) is 9.31. The fourth-order valence-corrected chi connectivity index (χ4v) is 6.64. The Morgan fingerprint density at radius 3 is 1.35 bits per heavy atom. The number of rotatable bonds is 10. The molecule has 0 atom stereocenters. The first-order chi connectivity index (χ1) is 25.6. The molecule has 2 aromatic carbocycles. The van der Waals surface area contributed by atoms with Crippen molar-refractivity contribution in [3.8, 4) is 0 Å². The Hall–Kier alpha value is -6.12. The molecule has 0 bridgehead atoms. The van der Waals surface area contributed by atoms with E-state index in [1.54, 1.807) is 12.4 Å². The largest absolute Gasteiger partial charge is 0.356 e. The summed E-state index contributed by atoms with van der Waals surface area (Å²) in [7, 11) is 0. The lowest BCUT2D eigenvalue weighted by Gasteiger charge is -2.35. The number of para-hydroxylation sites is 4. The molecule has 14 nitrogen and oxygen atoms in total. The number of pyridine rings is 2. The van der Waals surface area contributed by atoms with Crippen molar-refractivity contribution in [3.05, 3.63) is 121 Å². The van der Waals surface area contributed by atoms with E-state index < -0.39 is 11.9 Å². The van der Waals surface area contributed by atoms with E-state index in [1.165, 1.54) is 9.46 Å². The lowest BCUT2D eigenvalue weighted by molar-refractivity contribution is -0.140. The van der Waals surface area contributed by atoms with Crippen molar-refractivity contribution < 1.29 is 19.3 Å². The molecular weight excluding hydrogens is 660 g/mol. The third kappa shape index (κ3) is 7.33. The van der Waals surface area contributed by atoms with Crippen LogP contribution in [0.5, 0.6) is 0 Å². The van der Waals surface area contributed by atoms with Crippen molar-refractivity contribution in [1.82, 2.24) is 39.2 Å². The third-order valence-corrected chi connectivity index (χ3v) is 9.31. The molecule has 0 aliphatic carbocycles. The maximum Gasteiger partial charge on any atom is 0.356 e. The average Bonchev–Trinajstić information content (AvgIpc) is 3.71. The number of anilines is 2. The van der Waals surface area contributed by atoms with Gasteiger partial charge in [0.1, 0.15) is 22.7 Å². The summed E-state index contributed by atoms with van der Waals surface area (Å²) in [6, 6.07) is 26.8. The number of nitrogens with zero attached hydrogens (tertiary/aromatic N) is 10. The Morgan fingerprint density at radius 2 is 0.942 bits per heavy atom. The fraction of sp³-hybridized carbons (Fsp3) is 0.263. The second-order valence-corrected chi connectivity index (χ2v) is 12.7. The highest BCUT2D eigenvalue weighted by Gasteiger charge is 2.24. The number of hydrogen-bond donors (Lipinski definition) is 0. The summed E-state index contributed by atoms with van der Waals surface area (Å²) in [5.41, 5.74) is 2.73. The molecule has 2 aliphatic rings. The van der Waals surface area contributed by atoms with Gasteiger partial charge in [-0.15, -0.1) is 0 Å². The SMILES string of the molecule is O=C(/C=C\C(=O)On1c(CN2CCN(c3ccccn3)CC2)nc2ccccc21)On1c(CN2CCN(c3ccccn3)CC2)nc2ccccc21. The van der Waals surface area contributed by atoms with Crippen LogP contribution in [0.1, 0.15) is 11.6 Å². The summed E-state index contributed by atoms with van der Waals surface area (Å²) in [5, 5.41) is 0. The van der Waals surface area contributed by atoms with Gasteiger partial charge in [-0.05, 0) is 48.5 Å². The maximum absolute atomic E-state index is 13.1. The number of fused-ring (bicyclic) bond motifs is 2. The van der Waals surface area contributed by atoms with E-state index in [-0.39, 0.29) is 0 Å². The fourth-order valence-electron chi connectivity index (χ4n) is 6.64. The molecule has 0 radical (unpaired) electrons. The zero-order valence-electron chi connectivity index (χ0n) is 28.6. The topological polar surface area (TPSA) is 127 Å². The Bertz CT molecular complexity index is 2030. The van der Waals surface area contributed by atoms with Gasteiger partial charge in [0.15, 0.2) is 11.6 Å². The van der Waals surface area contributed by atoms with E-state index in [1.807, 2.05) is 84.9 Å². The summed E-state index contributed by atoms with van der Waals surface area (Å²) < 4.78 is 2.90. The Morgan fingerprint density at radius 1 is 0.538 bits per heavy atom. The van der Waals surface area contributed by atoms with Crippen LogP contribution < -0.4 is 19.5 Å². The molecule has 6 heterocycles. The van der Waals surface area contributed by atoms with E-state index >= 15 is 0 Å². The summed E-state index contributed by atoms with van der Waals surface area (Å²) in [6.45, 7) is 7.43. The minimum Gasteiger partial charge on any atom is -0.354 e. The quantitative estimate of drug-likeness (QED) is 0.195. The minimum absolute atomic E-state index is 0.485. The van der Waals surface area contributed by atoms with E-state index in [0.717, 1.165) is 76.1 Å². The molecule has 0 saturated carbocycles. The molecule has 2 saturated heterocycles. The highest BCUT2D eigenvalue weighted by atomic mass is 16.7. The molecule has 14 heteroatoms. The lowest BCUT2D eigenvalue weighted by atomic mass is 10.3. The van der Waals surface area contributed by atoms with Crippen LogP contribution in [0.2, 0.25) is 0 Å². The number of carbonyl (C=O) groups is 2. The van der Waals surface area contributed by atoms with Crippen LogP contribution in [-0.4, -0.2) is 103 Å². The van der Waals surface area contributed by atoms with Crippen LogP contribution in [-0.2, 0) is 22.7 Å². The standard InChI is InChI=1S/C38H38N10O4/c49-37(51-47-31-11-3-1-9-29(31)41-35(47)27-43-19-23-45(24-20-43)33-13-5-7-17-39-33)15-16-38(50)52-48-32-12-4-2-10-30(32)42-36(48)28-44-21-25-46(26-22-44)34-14-6-8-18-40-34/h1-18H,19-28H2/b16-15-. The molecule has 52 heavy (non-hydrogen) atoms. The predicted molar refractivity (Wildman–Crippen MR) is 195 cm³/mol. The summed E-state index contributed by atoms with van der Waals surface area (Å²) in [5.74, 6) is 1.63. The molecule has 8 rings (SSSR count). The molecule has 2 aliphatic heterocycles. The molecule has 2 fully saturated rings. The number of aromatic nitrogens is 6. The van der Waals surface area contributed by atoms with E-state index in [2.05, 4.69) is 29.6 Å². The van der Waals surface area contributed by atoms with Gasteiger partial charge in [0.2, 0.25) is 0 Å². The van der Waals surface area contributed by atoms with Crippen LogP contribution in [0.4, 0.5) is 11.6 Å². The predicted octanol–water partition coefficient (Wildman–Crippen LogP) is 2.99. The highest BCUT2D eigenvalue weighted by Crippen LogP contribution is 2.20. The van der Waals surface area contributed by atoms with E-state index in [9.17, 15) is 9.59 Å². The van der Waals surface area contributed by atoms with Crippen LogP contribution in [0, 0.1) is 0 Å². The van der Waals surface area contributed by atoms with Crippen molar-refractivity contribution >= 4 is 45.6 Å². The van der Waals surface area contributed by atoms with Crippen LogP contribution in [0.3, 0.4) is 0 Å². The first-order valence-corrected chi connectivity index (χ1v) is 17.4. The number of benzene rings is 2. The molecule has 0 unspecified atom stereocenters. The Kier molecular flexibility index (Phi) is 9.54. The molecule has 4 aromatic heterocycles.